The number of carbonyl (C=O) groups excluding carboxylic acids is 2. The van der Waals surface area contributed by atoms with Gasteiger partial charge < -0.3 is 15.0 Å². The van der Waals surface area contributed by atoms with Crippen molar-refractivity contribution in [2.75, 3.05) is 35.6 Å². The number of hydrogen-bond donors (Lipinski definition) is 1. The van der Waals surface area contributed by atoms with Gasteiger partial charge in [-0.15, -0.1) is 0 Å². The van der Waals surface area contributed by atoms with Gasteiger partial charge in [0.05, 0.1) is 30.6 Å². The molecule has 0 aromatic heterocycles. The first kappa shape index (κ1) is 25.2. The molecule has 0 spiro atoms. The highest BCUT2D eigenvalue weighted by Crippen LogP contribution is 2.33. The van der Waals surface area contributed by atoms with Crippen LogP contribution in [0.1, 0.15) is 11.1 Å². The predicted molar refractivity (Wildman–Crippen MR) is 140 cm³/mol. The number of amides is 2. The van der Waals surface area contributed by atoms with Crippen molar-refractivity contribution in [3.8, 4) is 5.75 Å². The highest BCUT2D eigenvalue weighted by atomic mass is 32.2. The fraction of sp³-hybridized carbons (Fsp3) is 0.259. The van der Waals surface area contributed by atoms with Gasteiger partial charge in [-0.1, -0.05) is 54.6 Å². The Morgan fingerprint density at radius 1 is 0.972 bits per heavy atom. The van der Waals surface area contributed by atoms with E-state index in [9.17, 15) is 18.0 Å². The minimum Gasteiger partial charge on any atom is -0.477 e. The quantitative estimate of drug-likeness (QED) is 0.506. The lowest BCUT2D eigenvalue weighted by Gasteiger charge is -2.34. The maximum atomic E-state index is 13.3. The molecule has 1 aliphatic heterocycles. The Morgan fingerprint density at radius 2 is 1.64 bits per heavy atom. The second-order valence-electron chi connectivity index (χ2n) is 8.68. The molecule has 1 N–H and O–H groups in total. The molecule has 1 heterocycles. The summed E-state index contributed by atoms with van der Waals surface area (Å²) in [7, 11) is -1.90. The van der Waals surface area contributed by atoms with Crippen molar-refractivity contribution < 1.29 is 22.7 Å². The second-order valence-corrected chi connectivity index (χ2v) is 10.7. The third-order valence-electron chi connectivity index (χ3n) is 6.08. The summed E-state index contributed by atoms with van der Waals surface area (Å²) in [6.07, 6.45) is 1.10. The van der Waals surface area contributed by atoms with E-state index in [1.54, 1.807) is 47.4 Å². The molecule has 3 aromatic carbocycles. The van der Waals surface area contributed by atoms with Crippen LogP contribution in [0.15, 0.2) is 78.9 Å². The number of ether oxygens (including phenoxy) is 1. The van der Waals surface area contributed by atoms with Gasteiger partial charge >= 0.3 is 0 Å². The van der Waals surface area contributed by atoms with Gasteiger partial charge in [-0.3, -0.25) is 13.9 Å². The number of para-hydroxylation sites is 2. The van der Waals surface area contributed by atoms with Crippen LogP contribution in [0.2, 0.25) is 0 Å². The standard InChI is InChI=1S/C27H29N3O5S/c1-29(36(2,33)34)22-14-12-21(13-15-22)18-26(31)30-19-25(35-24-11-7-6-10-23(24)30)27(32)28-17-16-20-8-4-3-5-9-20/h3-15,25H,16-19H2,1-2H3,(H,28,32). The molecule has 1 atom stereocenters. The number of benzene rings is 3. The summed E-state index contributed by atoms with van der Waals surface area (Å²) >= 11 is 0. The van der Waals surface area contributed by atoms with Gasteiger partial charge in [-0.25, -0.2) is 8.42 Å². The number of hydrogen-bond acceptors (Lipinski definition) is 5. The number of rotatable bonds is 8. The Balaban J connectivity index is 1.43. The Morgan fingerprint density at radius 3 is 2.33 bits per heavy atom. The third kappa shape index (κ3) is 6.04. The van der Waals surface area contributed by atoms with Crippen LogP contribution >= 0.6 is 0 Å². The Kier molecular flexibility index (Phi) is 7.59. The van der Waals surface area contributed by atoms with Gasteiger partial charge in [-0.05, 0) is 41.8 Å². The maximum Gasteiger partial charge on any atom is 0.262 e. The molecule has 1 unspecified atom stereocenters. The summed E-state index contributed by atoms with van der Waals surface area (Å²) < 4.78 is 30.6. The molecule has 0 saturated carbocycles. The van der Waals surface area contributed by atoms with E-state index in [0.717, 1.165) is 17.4 Å². The average molecular weight is 508 g/mol. The average Bonchev–Trinajstić information content (AvgIpc) is 2.88. The fourth-order valence-corrected chi connectivity index (χ4v) is 4.49. The molecule has 0 aliphatic carbocycles. The first-order valence-corrected chi connectivity index (χ1v) is 13.5. The number of nitrogens with zero attached hydrogens (tertiary/aromatic N) is 2. The molecule has 8 nitrogen and oxygen atoms in total. The van der Waals surface area contributed by atoms with E-state index in [-0.39, 0.29) is 24.8 Å². The molecule has 0 fully saturated rings. The first-order valence-electron chi connectivity index (χ1n) is 11.6. The zero-order valence-corrected chi connectivity index (χ0v) is 21.1. The molecule has 0 radical (unpaired) electrons. The predicted octanol–water partition coefficient (Wildman–Crippen LogP) is 2.78. The van der Waals surface area contributed by atoms with Crippen LogP contribution in [0, 0.1) is 0 Å². The minimum atomic E-state index is -3.37. The van der Waals surface area contributed by atoms with Crippen LogP contribution in [0.3, 0.4) is 0 Å². The maximum absolute atomic E-state index is 13.3. The lowest BCUT2D eigenvalue weighted by atomic mass is 10.1. The molecule has 3 aromatic rings. The summed E-state index contributed by atoms with van der Waals surface area (Å²) in [6.45, 7) is 0.564. The van der Waals surface area contributed by atoms with Crippen molar-refractivity contribution in [3.63, 3.8) is 0 Å². The van der Waals surface area contributed by atoms with E-state index in [2.05, 4.69) is 5.32 Å². The molecule has 36 heavy (non-hydrogen) atoms. The molecule has 2 amide bonds. The van der Waals surface area contributed by atoms with Crippen molar-refractivity contribution in [2.24, 2.45) is 0 Å². The third-order valence-corrected chi connectivity index (χ3v) is 7.28. The monoisotopic (exact) mass is 507 g/mol. The van der Waals surface area contributed by atoms with Gasteiger partial charge in [-0.2, -0.15) is 0 Å². The lowest BCUT2D eigenvalue weighted by molar-refractivity contribution is -0.128. The summed E-state index contributed by atoms with van der Waals surface area (Å²) in [5, 5.41) is 2.91. The molecule has 1 aliphatic rings. The van der Waals surface area contributed by atoms with E-state index in [1.165, 1.54) is 11.4 Å². The Bertz CT molecular complexity index is 1330. The lowest BCUT2D eigenvalue weighted by Crippen LogP contribution is -2.51. The van der Waals surface area contributed by atoms with E-state index in [1.807, 2.05) is 36.4 Å². The van der Waals surface area contributed by atoms with Crippen LogP contribution < -0.4 is 19.3 Å². The zero-order valence-electron chi connectivity index (χ0n) is 20.3. The summed E-state index contributed by atoms with van der Waals surface area (Å²) in [6, 6.07) is 23.8. The van der Waals surface area contributed by atoms with Gasteiger partial charge in [0, 0.05) is 13.6 Å². The summed E-state index contributed by atoms with van der Waals surface area (Å²) in [5.74, 6) is 0.0221. The zero-order chi connectivity index (χ0) is 25.7. The molecular formula is C27H29N3O5S. The van der Waals surface area contributed by atoms with E-state index < -0.39 is 16.1 Å². The topological polar surface area (TPSA) is 96.0 Å². The van der Waals surface area contributed by atoms with Crippen LogP contribution in [0.5, 0.6) is 5.75 Å². The Hall–Kier alpha value is -3.85. The smallest absolute Gasteiger partial charge is 0.262 e. The number of fused-ring (bicyclic) bond motifs is 1. The van der Waals surface area contributed by atoms with Crippen molar-refractivity contribution in [1.29, 1.82) is 0 Å². The van der Waals surface area contributed by atoms with E-state index >= 15 is 0 Å². The second kappa shape index (κ2) is 10.8. The van der Waals surface area contributed by atoms with Gasteiger partial charge in [0.15, 0.2) is 6.10 Å². The van der Waals surface area contributed by atoms with Crippen molar-refractivity contribution in [2.45, 2.75) is 18.9 Å². The van der Waals surface area contributed by atoms with Crippen molar-refractivity contribution >= 4 is 33.2 Å². The van der Waals surface area contributed by atoms with Gasteiger partial charge in [0.2, 0.25) is 15.9 Å². The largest absolute Gasteiger partial charge is 0.477 e. The summed E-state index contributed by atoms with van der Waals surface area (Å²) in [4.78, 5) is 27.8. The fourth-order valence-electron chi connectivity index (χ4n) is 3.98. The number of sulfonamides is 1. The molecule has 4 rings (SSSR count). The van der Waals surface area contributed by atoms with Crippen LogP contribution in [0.25, 0.3) is 0 Å². The normalized spacial score (nSPS) is 14.9. The van der Waals surface area contributed by atoms with Crippen molar-refractivity contribution in [3.05, 3.63) is 90.0 Å². The molecule has 9 heteroatoms. The minimum absolute atomic E-state index is 0.0968. The Labute approximate surface area is 211 Å². The van der Waals surface area contributed by atoms with Gasteiger partial charge in [0.1, 0.15) is 5.75 Å². The van der Waals surface area contributed by atoms with Gasteiger partial charge in [0.25, 0.3) is 5.91 Å². The summed E-state index contributed by atoms with van der Waals surface area (Å²) in [5.41, 5.74) is 2.98. The molecule has 0 bridgehead atoms. The van der Waals surface area contributed by atoms with E-state index in [4.69, 9.17) is 4.74 Å². The number of carbonyl (C=O) groups is 2. The first-order chi connectivity index (χ1) is 17.2. The van der Waals surface area contributed by atoms with Crippen LogP contribution in [-0.2, 0) is 32.5 Å². The SMILES string of the molecule is CN(c1ccc(CC(=O)N2CC(C(=O)NCCc3ccccc3)Oc3ccccc32)cc1)S(C)(=O)=O. The molecular weight excluding hydrogens is 478 g/mol. The number of nitrogens with one attached hydrogen (secondary N) is 1. The highest BCUT2D eigenvalue weighted by molar-refractivity contribution is 7.92. The van der Waals surface area contributed by atoms with Crippen LogP contribution in [-0.4, -0.2) is 52.7 Å². The molecule has 188 valence electrons. The van der Waals surface area contributed by atoms with Crippen LogP contribution in [0.4, 0.5) is 11.4 Å². The molecule has 0 saturated heterocycles. The van der Waals surface area contributed by atoms with Crippen molar-refractivity contribution in [1.82, 2.24) is 5.32 Å². The van der Waals surface area contributed by atoms with E-state index in [0.29, 0.717) is 30.1 Å². The highest BCUT2D eigenvalue weighted by Gasteiger charge is 2.33. The number of anilines is 2.